The van der Waals surface area contributed by atoms with Crippen molar-refractivity contribution in [2.24, 2.45) is 11.7 Å². The van der Waals surface area contributed by atoms with E-state index in [4.69, 9.17) is 10.5 Å². The average Bonchev–Trinajstić information content (AvgIpc) is 2.78. The second kappa shape index (κ2) is 6.70. The molecular weight excluding hydrogens is 322 g/mol. The van der Waals surface area contributed by atoms with Gasteiger partial charge in [-0.15, -0.1) is 11.3 Å². The third-order valence-electron chi connectivity index (χ3n) is 4.28. The van der Waals surface area contributed by atoms with E-state index >= 15 is 0 Å². The van der Waals surface area contributed by atoms with Gasteiger partial charge in [0.2, 0.25) is 0 Å². The summed E-state index contributed by atoms with van der Waals surface area (Å²) < 4.78 is 7.31. The monoisotopic (exact) mass is 345 g/mol. The molecule has 1 fully saturated rings. The summed E-state index contributed by atoms with van der Waals surface area (Å²) in [5, 5.41) is 0. The molecule has 1 heterocycles. The molecule has 1 aliphatic rings. The fourth-order valence-electron chi connectivity index (χ4n) is 3.02. The Balaban J connectivity index is 2.05. The van der Waals surface area contributed by atoms with Gasteiger partial charge in [0.15, 0.2) is 0 Å². The molecule has 1 atom stereocenters. The number of thiophene rings is 1. The second-order valence-electron chi connectivity index (χ2n) is 5.70. The van der Waals surface area contributed by atoms with Crippen molar-refractivity contribution in [2.75, 3.05) is 6.61 Å². The van der Waals surface area contributed by atoms with Crippen molar-refractivity contribution in [3.8, 4) is 0 Å². The van der Waals surface area contributed by atoms with Gasteiger partial charge in [-0.05, 0) is 73.0 Å². The van der Waals surface area contributed by atoms with Crippen molar-refractivity contribution in [3.05, 3.63) is 20.8 Å². The van der Waals surface area contributed by atoms with Crippen LogP contribution in [0.1, 0.15) is 44.4 Å². The summed E-state index contributed by atoms with van der Waals surface area (Å²) in [7, 11) is 0. The SMILES string of the molecule is CCOC1(C(N)Cc2ccc(Br)s2)CCC(C)CC1. The number of nitrogens with two attached hydrogens (primary N) is 1. The van der Waals surface area contributed by atoms with Gasteiger partial charge in [0.25, 0.3) is 0 Å². The molecule has 0 spiro atoms. The van der Waals surface area contributed by atoms with E-state index in [0.29, 0.717) is 0 Å². The van der Waals surface area contributed by atoms with Gasteiger partial charge in [0, 0.05) is 17.5 Å². The fraction of sp³-hybridized carbons (Fsp3) is 0.733. The zero-order valence-corrected chi connectivity index (χ0v) is 14.2. The van der Waals surface area contributed by atoms with Crippen LogP contribution in [0.15, 0.2) is 15.9 Å². The normalized spacial score (nSPS) is 29.4. The molecule has 0 aliphatic heterocycles. The summed E-state index contributed by atoms with van der Waals surface area (Å²) in [6, 6.07) is 4.37. The number of hydrogen-bond acceptors (Lipinski definition) is 3. The van der Waals surface area contributed by atoms with Crippen molar-refractivity contribution >= 4 is 27.3 Å². The lowest BCUT2D eigenvalue weighted by molar-refractivity contribution is -0.0882. The average molecular weight is 346 g/mol. The quantitative estimate of drug-likeness (QED) is 0.859. The Kier molecular flexibility index (Phi) is 5.46. The number of hydrogen-bond donors (Lipinski definition) is 1. The van der Waals surface area contributed by atoms with Gasteiger partial charge in [-0.25, -0.2) is 0 Å². The van der Waals surface area contributed by atoms with Crippen molar-refractivity contribution in [2.45, 2.75) is 57.6 Å². The summed E-state index contributed by atoms with van der Waals surface area (Å²) in [4.78, 5) is 1.34. The minimum absolute atomic E-state index is 0.0995. The van der Waals surface area contributed by atoms with Gasteiger partial charge in [-0.2, -0.15) is 0 Å². The number of halogens is 1. The van der Waals surface area contributed by atoms with Crippen molar-refractivity contribution in [3.63, 3.8) is 0 Å². The smallest absolute Gasteiger partial charge is 0.0836 e. The van der Waals surface area contributed by atoms with Crippen LogP contribution in [0.25, 0.3) is 0 Å². The molecule has 0 aromatic carbocycles. The highest BCUT2D eigenvalue weighted by Crippen LogP contribution is 2.38. The van der Waals surface area contributed by atoms with Crippen LogP contribution in [0.4, 0.5) is 0 Å². The van der Waals surface area contributed by atoms with E-state index in [1.165, 1.54) is 21.5 Å². The zero-order valence-electron chi connectivity index (χ0n) is 11.8. The van der Waals surface area contributed by atoms with Crippen LogP contribution < -0.4 is 5.73 Å². The van der Waals surface area contributed by atoms with Crippen LogP contribution in [-0.4, -0.2) is 18.2 Å². The van der Waals surface area contributed by atoms with E-state index in [1.54, 1.807) is 11.3 Å². The van der Waals surface area contributed by atoms with E-state index < -0.39 is 0 Å². The van der Waals surface area contributed by atoms with Gasteiger partial charge >= 0.3 is 0 Å². The molecule has 108 valence electrons. The van der Waals surface area contributed by atoms with E-state index in [2.05, 4.69) is 41.9 Å². The van der Waals surface area contributed by atoms with Gasteiger partial charge in [0.1, 0.15) is 0 Å². The Labute approximate surface area is 128 Å². The van der Waals surface area contributed by atoms with Crippen LogP contribution >= 0.6 is 27.3 Å². The molecule has 19 heavy (non-hydrogen) atoms. The van der Waals surface area contributed by atoms with Crippen LogP contribution in [-0.2, 0) is 11.2 Å². The first-order valence-electron chi connectivity index (χ1n) is 7.19. The molecule has 0 amide bonds. The lowest BCUT2D eigenvalue weighted by atomic mass is 9.74. The van der Waals surface area contributed by atoms with Crippen LogP contribution in [0.5, 0.6) is 0 Å². The van der Waals surface area contributed by atoms with Gasteiger partial charge in [-0.3, -0.25) is 0 Å². The van der Waals surface area contributed by atoms with Crippen molar-refractivity contribution in [1.82, 2.24) is 0 Å². The van der Waals surface area contributed by atoms with Crippen molar-refractivity contribution in [1.29, 1.82) is 0 Å². The molecule has 1 saturated carbocycles. The van der Waals surface area contributed by atoms with Crippen LogP contribution in [0.3, 0.4) is 0 Å². The molecule has 2 N–H and O–H groups in total. The summed E-state index contributed by atoms with van der Waals surface area (Å²) in [6.07, 6.45) is 5.61. The van der Waals surface area contributed by atoms with Gasteiger partial charge in [0.05, 0.1) is 9.39 Å². The molecule has 0 bridgehead atoms. The fourth-order valence-corrected chi connectivity index (χ4v) is 4.57. The molecule has 1 unspecified atom stereocenters. The summed E-state index contributed by atoms with van der Waals surface area (Å²) in [5.74, 6) is 0.816. The summed E-state index contributed by atoms with van der Waals surface area (Å²) >= 11 is 5.30. The molecule has 2 nitrogen and oxygen atoms in total. The highest BCUT2D eigenvalue weighted by Gasteiger charge is 2.40. The Morgan fingerprint density at radius 2 is 2.16 bits per heavy atom. The third kappa shape index (κ3) is 3.81. The van der Waals surface area contributed by atoms with E-state index in [0.717, 1.165) is 31.8 Å². The van der Waals surface area contributed by atoms with E-state index in [-0.39, 0.29) is 11.6 Å². The van der Waals surface area contributed by atoms with Crippen molar-refractivity contribution < 1.29 is 4.74 Å². The minimum Gasteiger partial charge on any atom is -0.374 e. The molecule has 1 aromatic heterocycles. The second-order valence-corrected chi connectivity index (χ2v) is 8.24. The number of ether oxygens (including phenoxy) is 1. The zero-order chi connectivity index (χ0) is 13.9. The maximum atomic E-state index is 6.52. The first-order chi connectivity index (χ1) is 9.05. The lowest BCUT2D eigenvalue weighted by Crippen LogP contribution is -2.53. The molecule has 1 aromatic rings. The predicted molar refractivity (Wildman–Crippen MR) is 85.7 cm³/mol. The Hall–Kier alpha value is 0.1000. The Bertz CT molecular complexity index is 399. The molecular formula is C15H24BrNOS. The first kappa shape index (κ1) is 15.5. The maximum Gasteiger partial charge on any atom is 0.0836 e. The summed E-state index contributed by atoms with van der Waals surface area (Å²) in [6.45, 7) is 5.17. The maximum absolute atomic E-state index is 6.52. The minimum atomic E-state index is -0.0995. The molecule has 1 aliphatic carbocycles. The topological polar surface area (TPSA) is 35.2 Å². The number of rotatable bonds is 5. The highest BCUT2D eigenvalue weighted by molar-refractivity contribution is 9.11. The van der Waals surface area contributed by atoms with E-state index in [9.17, 15) is 0 Å². The Morgan fingerprint density at radius 3 is 2.68 bits per heavy atom. The predicted octanol–water partition coefficient (Wildman–Crippen LogP) is 4.37. The summed E-state index contributed by atoms with van der Waals surface area (Å²) in [5.41, 5.74) is 6.42. The van der Waals surface area contributed by atoms with Crippen LogP contribution in [0, 0.1) is 5.92 Å². The molecule has 0 radical (unpaired) electrons. The highest BCUT2D eigenvalue weighted by atomic mass is 79.9. The standard InChI is InChI=1S/C15H24BrNOS/c1-3-18-15(8-6-11(2)7-9-15)13(17)10-12-4-5-14(16)19-12/h4-5,11,13H,3,6-10,17H2,1-2H3. The first-order valence-corrected chi connectivity index (χ1v) is 8.80. The lowest BCUT2D eigenvalue weighted by Gasteiger charge is -2.43. The molecule has 0 saturated heterocycles. The van der Waals surface area contributed by atoms with Crippen LogP contribution in [0.2, 0.25) is 0 Å². The van der Waals surface area contributed by atoms with Gasteiger partial charge in [-0.1, -0.05) is 6.92 Å². The molecule has 2 rings (SSSR count). The largest absolute Gasteiger partial charge is 0.374 e. The van der Waals surface area contributed by atoms with Gasteiger partial charge < -0.3 is 10.5 Å². The van der Waals surface area contributed by atoms with E-state index in [1.807, 2.05) is 0 Å². The molecule has 4 heteroatoms. The Morgan fingerprint density at radius 1 is 1.47 bits per heavy atom. The third-order valence-corrected chi connectivity index (χ3v) is 5.92.